The Balaban J connectivity index is 2.05. The fourth-order valence-corrected chi connectivity index (χ4v) is 1.89. The molecule has 0 spiro atoms. The van der Waals surface area contributed by atoms with Crippen molar-refractivity contribution in [2.45, 2.75) is 26.7 Å². The Morgan fingerprint density at radius 1 is 1.47 bits per heavy atom. The molecule has 5 heteroatoms. The van der Waals surface area contributed by atoms with Crippen LogP contribution >= 0.6 is 0 Å². The van der Waals surface area contributed by atoms with Crippen molar-refractivity contribution in [1.29, 1.82) is 5.26 Å². The van der Waals surface area contributed by atoms with E-state index in [0.717, 1.165) is 18.7 Å². The zero-order valence-corrected chi connectivity index (χ0v) is 11.1. The van der Waals surface area contributed by atoms with E-state index in [1.807, 2.05) is 12.1 Å². The first kappa shape index (κ1) is 13.2. The van der Waals surface area contributed by atoms with Gasteiger partial charge in [0.1, 0.15) is 0 Å². The highest BCUT2D eigenvalue weighted by Gasteiger charge is 2.17. The van der Waals surface area contributed by atoms with E-state index >= 15 is 0 Å². The van der Waals surface area contributed by atoms with Crippen LogP contribution in [0, 0.1) is 16.7 Å². The number of anilines is 1. The number of aromatic amines is 1. The van der Waals surface area contributed by atoms with Crippen LogP contribution in [-0.2, 0) is 0 Å². The molecule has 2 aromatic rings. The third-order valence-corrected chi connectivity index (χ3v) is 3.10. The molecular weight excluding hydrogens is 242 g/mol. The Bertz CT molecular complexity index is 661. The van der Waals surface area contributed by atoms with Crippen LogP contribution in [0.25, 0.3) is 11.1 Å². The van der Waals surface area contributed by atoms with E-state index < -0.39 is 5.76 Å². The number of rotatable bonds is 5. The van der Waals surface area contributed by atoms with Gasteiger partial charge >= 0.3 is 5.76 Å². The lowest BCUT2D eigenvalue weighted by atomic mass is 9.88. The van der Waals surface area contributed by atoms with E-state index in [-0.39, 0.29) is 5.41 Å². The van der Waals surface area contributed by atoms with E-state index in [2.05, 4.69) is 30.2 Å². The lowest BCUT2D eigenvalue weighted by Gasteiger charge is -2.24. The number of nitriles is 1. The SMILES string of the molecule is CC(C)(CCC#N)CNc1ccc2oc(=O)[nH]c2c1. The van der Waals surface area contributed by atoms with Crippen LogP contribution in [0.2, 0.25) is 0 Å². The summed E-state index contributed by atoms with van der Waals surface area (Å²) >= 11 is 0. The molecule has 5 nitrogen and oxygen atoms in total. The summed E-state index contributed by atoms with van der Waals surface area (Å²) in [6, 6.07) is 7.65. The van der Waals surface area contributed by atoms with Gasteiger partial charge in [-0.15, -0.1) is 0 Å². The first-order valence-corrected chi connectivity index (χ1v) is 6.24. The van der Waals surface area contributed by atoms with Crippen LogP contribution in [0.4, 0.5) is 5.69 Å². The zero-order valence-electron chi connectivity index (χ0n) is 11.1. The highest BCUT2D eigenvalue weighted by atomic mass is 16.4. The van der Waals surface area contributed by atoms with Crippen molar-refractivity contribution >= 4 is 16.8 Å². The van der Waals surface area contributed by atoms with Crippen LogP contribution in [-0.4, -0.2) is 11.5 Å². The zero-order chi connectivity index (χ0) is 13.9. The monoisotopic (exact) mass is 259 g/mol. The normalized spacial score (nSPS) is 11.4. The molecule has 0 saturated heterocycles. The third kappa shape index (κ3) is 3.38. The number of nitrogens with one attached hydrogen (secondary N) is 2. The molecule has 2 rings (SSSR count). The minimum absolute atomic E-state index is 0.0501. The van der Waals surface area contributed by atoms with Crippen molar-refractivity contribution in [3.8, 4) is 6.07 Å². The topological polar surface area (TPSA) is 81.8 Å². The summed E-state index contributed by atoms with van der Waals surface area (Å²) in [5.74, 6) is -0.443. The molecule has 0 bridgehead atoms. The van der Waals surface area contributed by atoms with Gasteiger partial charge in [0.25, 0.3) is 0 Å². The van der Waals surface area contributed by atoms with Crippen molar-refractivity contribution < 1.29 is 4.42 Å². The predicted octanol–water partition coefficient (Wildman–Crippen LogP) is 2.86. The van der Waals surface area contributed by atoms with E-state index in [4.69, 9.17) is 9.68 Å². The molecule has 0 fully saturated rings. The average Bonchev–Trinajstić information content (AvgIpc) is 2.73. The largest absolute Gasteiger partial charge is 0.417 e. The predicted molar refractivity (Wildman–Crippen MR) is 74.0 cm³/mol. The molecule has 0 unspecified atom stereocenters. The van der Waals surface area contributed by atoms with Gasteiger partial charge in [-0.25, -0.2) is 4.79 Å². The van der Waals surface area contributed by atoms with Crippen molar-refractivity contribution in [2.24, 2.45) is 5.41 Å². The van der Waals surface area contributed by atoms with Crippen LogP contribution in [0.3, 0.4) is 0 Å². The number of fused-ring (bicyclic) bond motifs is 1. The Morgan fingerprint density at radius 3 is 3.00 bits per heavy atom. The van der Waals surface area contributed by atoms with Gasteiger partial charge in [-0.05, 0) is 30.0 Å². The number of nitrogens with zero attached hydrogens (tertiary/aromatic N) is 1. The highest BCUT2D eigenvalue weighted by Crippen LogP contribution is 2.23. The van der Waals surface area contributed by atoms with Gasteiger partial charge in [0.05, 0.1) is 11.6 Å². The molecule has 19 heavy (non-hydrogen) atoms. The van der Waals surface area contributed by atoms with Crippen LogP contribution < -0.4 is 11.1 Å². The summed E-state index contributed by atoms with van der Waals surface area (Å²) in [6.45, 7) is 5.01. The van der Waals surface area contributed by atoms with Gasteiger partial charge in [-0.3, -0.25) is 4.98 Å². The van der Waals surface area contributed by atoms with Crippen LogP contribution in [0.5, 0.6) is 0 Å². The Hall–Kier alpha value is -2.22. The minimum Gasteiger partial charge on any atom is -0.408 e. The molecule has 0 aliphatic carbocycles. The van der Waals surface area contributed by atoms with Gasteiger partial charge in [-0.2, -0.15) is 5.26 Å². The first-order valence-electron chi connectivity index (χ1n) is 6.24. The molecule has 0 radical (unpaired) electrons. The molecule has 1 heterocycles. The van der Waals surface area contributed by atoms with Gasteiger partial charge in [-0.1, -0.05) is 13.8 Å². The number of hydrogen-bond donors (Lipinski definition) is 2. The van der Waals surface area contributed by atoms with Crippen LogP contribution in [0.15, 0.2) is 27.4 Å². The lowest BCUT2D eigenvalue weighted by molar-refractivity contribution is 0.364. The van der Waals surface area contributed by atoms with E-state index in [9.17, 15) is 4.79 Å². The quantitative estimate of drug-likeness (QED) is 0.865. The van der Waals surface area contributed by atoms with Crippen molar-refractivity contribution in [3.05, 3.63) is 28.7 Å². The Kier molecular flexibility index (Phi) is 3.61. The third-order valence-electron chi connectivity index (χ3n) is 3.10. The number of aromatic nitrogens is 1. The second-order valence-corrected chi connectivity index (χ2v) is 5.40. The number of H-pyrrole nitrogens is 1. The molecule has 0 saturated carbocycles. The second-order valence-electron chi connectivity index (χ2n) is 5.40. The summed E-state index contributed by atoms with van der Waals surface area (Å²) in [5.41, 5.74) is 2.22. The van der Waals surface area contributed by atoms with E-state index in [1.165, 1.54) is 0 Å². The van der Waals surface area contributed by atoms with Gasteiger partial charge < -0.3 is 9.73 Å². The summed E-state index contributed by atoms with van der Waals surface area (Å²) in [4.78, 5) is 13.7. The average molecular weight is 259 g/mol. The van der Waals surface area contributed by atoms with Gasteiger partial charge in [0, 0.05) is 18.7 Å². The number of hydrogen-bond acceptors (Lipinski definition) is 4. The number of benzene rings is 1. The highest BCUT2D eigenvalue weighted by molar-refractivity contribution is 5.76. The van der Waals surface area contributed by atoms with Gasteiger partial charge in [0.15, 0.2) is 5.58 Å². The Labute approximate surface area is 111 Å². The number of oxazole rings is 1. The maximum Gasteiger partial charge on any atom is 0.417 e. The second kappa shape index (κ2) is 5.19. The van der Waals surface area contributed by atoms with E-state index in [1.54, 1.807) is 6.07 Å². The molecule has 2 N–H and O–H groups in total. The molecule has 1 aromatic carbocycles. The minimum atomic E-state index is -0.443. The fourth-order valence-electron chi connectivity index (χ4n) is 1.89. The van der Waals surface area contributed by atoms with Gasteiger partial charge in [0.2, 0.25) is 0 Å². The molecule has 0 aliphatic rings. The fraction of sp³-hybridized carbons (Fsp3) is 0.429. The molecule has 0 aliphatic heterocycles. The molecular formula is C14H17N3O2. The van der Waals surface area contributed by atoms with E-state index in [0.29, 0.717) is 17.5 Å². The summed E-state index contributed by atoms with van der Waals surface area (Å²) < 4.78 is 4.95. The first-order chi connectivity index (χ1) is 9.00. The molecule has 0 amide bonds. The summed E-state index contributed by atoms with van der Waals surface area (Å²) in [5, 5.41) is 11.9. The standard InChI is InChI=1S/C14H17N3O2/c1-14(2,6-3-7-15)9-16-10-4-5-12-11(8-10)17-13(18)19-12/h4-5,8,16H,3,6,9H2,1-2H3,(H,17,18). The smallest absolute Gasteiger partial charge is 0.408 e. The maximum atomic E-state index is 11.1. The maximum absolute atomic E-state index is 11.1. The van der Waals surface area contributed by atoms with Crippen molar-refractivity contribution in [3.63, 3.8) is 0 Å². The van der Waals surface area contributed by atoms with Crippen molar-refractivity contribution in [1.82, 2.24) is 4.98 Å². The lowest BCUT2D eigenvalue weighted by Crippen LogP contribution is -2.22. The molecule has 100 valence electrons. The Morgan fingerprint density at radius 2 is 2.26 bits per heavy atom. The summed E-state index contributed by atoms with van der Waals surface area (Å²) in [7, 11) is 0. The van der Waals surface area contributed by atoms with Crippen LogP contribution in [0.1, 0.15) is 26.7 Å². The molecule has 0 atom stereocenters. The molecule has 1 aromatic heterocycles. The van der Waals surface area contributed by atoms with Crippen molar-refractivity contribution in [2.75, 3.05) is 11.9 Å². The summed E-state index contributed by atoms with van der Waals surface area (Å²) in [6.07, 6.45) is 1.41.